The highest BCUT2D eigenvalue weighted by atomic mass is 32.2. The Morgan fingerprint density at radius 1 is 1.43 bits per heavy atom. The summed E-state index contributed by atoms with van der Waals surface area (Å²) in [6.45, 7) is 7.69. The fourth-order valence-electron chi connectivity index (χ4n) is 2.39. The van der Waals surface area contributed by atoms with Gasteiger partial charge < -0.3 is 10.1 Å². The minimum Gasteiger partial charge on any atom is -0.373 e. The van der Waals surface area contributed by atoms with Gasteiger partial charge in [-0.25, -0.2) is 13.4 Å². The number of aryl methyl sites for hydroxylation is 1. The lowest BCUT2D eigenvalue weighted by Crippen LogP contribution is -2.49. The molecule has 0 spiro atoms. The summed E-state index contributed by atoms with van der Waals surface area (Å²) in [7, 11) is -3.23. The molecular weight excluding hydrogens is 310 g/mol. The summed E-state index contributed by atoms with van der Waals surface area (Å²) in [4.78, 5) is 4.33. The van der Waals surface area contributed by atoms with Crippen LogP contribution in [0, 0.1) is 6.92 Å². The van der Waals surface area contributed by atoms with Crippen molar-refractivity contribution in [3.8, 4) is 0 Å². The number of sulfonamides is 1. The van der Waals surface area contributed by atoms with Gasteiger partial charge in [-0.2, -0.15) is 4.31 Å². The van der Waals surface area contributed by atoms with Gasteiger partial charge in [-0.05, 0) is 20.8 Å². The van der Waals surface area contributed by atoms with E-state index in [-0.39, 0.29) is 18.0 Å². The summed E-state index contributed by atoms with van der Waals surface area (Å²) in [5.41, 5.74) is 0.962. The maximum atomic E-state index is 12.3. The van der Waals surface area contributed by atoms with Crippen LogP contribution in [0.1, 0.15) is 24.5 Å². The molecule has 120 valence electrons. The molecule has 1 aliphatic heterocycles. The van der Waals surface area contributed by atoms with Crippen LogP contribution in [0.3, 0.4) is 0 Å². The van der Waals surface area contributed by atoms with Crippen molar-refractivity contribution in [3.63, 3.8) is 0 Å². The van der Waals surface area contributed by atoms with Crippen LogP contribution in [0.2, 0.25) is 0 Å². The van der Waals surface area contributed by atoms with Crippen molar-refractivity contribution in [1.82, 2.24) is 14.6 Å². The van der Waals surface area contributed by atoms with E-state index in [0.29, 0.717) is 26.2 Å². The van der Waals surface area contributed by atoms with E-state index in [0.717, 1.165) is 10.7 Å². The average molecular weight is 333 g/mol. The lowest BCUT2D eigenvalue weighted by Gasteiger charge is -2.34. The summed E-state index contributed by atoms with van der Waals surface area (Å²) in [6, 6.07) is 0. The Kier molecular flexibility index (Phi) is 5.73. The number of nitrogens with one attached hydrogen (secondary N) is 1. The van der Waals surface area contributed by atoms with Gasteiger partial charge in [0.05, 0.1) is 28.7 Å². The van der Waals surface area contributed by atoms with Crippen LogP contribution < -0.4 is 5.32 Å². The Morgan fingerprint density at radius 3 is 2.67 bits per heavy atom. The minimum atomic E-state index is -3.23. The molecule has 1 N–H and O–H groups in total. The third-order valence-electron chi connectivity index (χ3n) is 3.29. The Morgan fingerprint density at radius 2 is 2.10 bits per heavy atom. The number of hydrogen-bond donors (Lipinski definition) is 1. The molecule has 0 unspecified atom stereocenters. The average Bonchev–Trinajstić information content (AvgIpc) is 2.79. The first-order chi connectivity index (χ1) is 9.87. The van der Waals surface area contributed by atoms with E-state index in [9.17, 15) is 8.42 Å². The first-order valence-electron chi connectivity index (χ1n) is 7.12. The van der Waals surface area contributed by atoms with E-state index in [4.69, 9.17) is 4.74 Å². The number of nitrogens with zero attached hydrogens (tertiary/aromatic N) is 2. The van der Waals surface area contributed by atoms with Crippen LogP contribution in [0.4, 0.5) is 0 Å². The monoisotopic (exact) mass is 333 g/mol. The highest BCUT2D eigenvalue weighted by Gasteiger charge is 2.30. The van der Waals surface area contributed by atoms with Gasteiger partial charge in [0.25, 0.3) is 0 Å². The quantitative estimate of drug-likeness (QED) is 0.786. The molecule has 1 aliphatic rings. The van der Waals surface area contributed by atoms with Crippen LogP contribution in [-0.4, -0.2) is 55.3 Å². The van der Waals surface area contributed by atoms with Crippen molar-refractivity contribution in [3.05, 3.63) is 16.1 Å². The molecule has 2 rings (SSSR count). The van der Waals surface area contributed by atoms with E-state index in [1.54, 1.807) is 15.6 Å². The number of hydrogen-bond acceptors (Lipinski definition) is 6. The normalized spacial score (nSPS) is 24.3. The van der Waals surface area contributed by atoms with Crippen molar-refractivity contribution >= 4 is 21.4 Å². The number of ether oxygens (including phenoxy) is 1. The fourth-order valence-corrected chi connectivity index (χ4v) is 4.54. The van der Waals surface area contributed by atoms with Crippen molar-refractivity contribution < 1.29 is 13.2 Å². The molecule has 1 aromatic rings. The summed E-state index contributed by atoms with van der Waals surface area (Å²) < 4.78 is 31.7. The number of thiazole rings is 1. The van der Waals surface area contributed by atoms with Gasteiger partial charge in [-0.15, -0.1) is 11.3 Å². The van der Waals surface area contributed by atoms with Gasteiger partial charge >= 0.3 is 0 Å². The summed E-state index contributed by atoms with van der Waals surface area (Å²) in [5.74, 6) is 0.107. The van der Waals surface area contributed by atoms with Crippen molar-refractivity contribution in [2.45, 2.75) is 39.5 Å². The van der Waals surface area contributed by atoms with Crippen molar-refractivity contribution in [2.75, 3.05) is 25.4 Å². The van der Waals surface area contributed by atoms with Crippen molar-refractivity contribution in [2.24, 2.45) is 0 Å². The lowest BCUT2D eigenvalue weighted by molar-refractivity contribution is -0.0440. The van der Waals surface area contributed by atoms with Crippen LogP contribution in [0.15, 0.2) is 5.38 Å². The Labute approximate surface area is 130 Å². The molecule has 0 bridgehead atoms. The molecular formula is C13H23N3O3S2. The first kappa shape index (κ1) is 16.8. The van der Waals surface area contributed by atoms with E-state index in [1.807, 2.05) is 26.2 Å². The molecule has 2 heterocycles. The van der Waals surface area contributed by atoms with Gasteiger partial charge in [0.1, 0.15) is 0 Å². The number of rotatable bonds is 6. The van der Waals surface area contributed by atoms with E-state index < -0.39 is 10.0 Å². The second-order valence-corrected chi connectivity index (χ2v) is 8.58. The number of aromatic nitrogens is 1. The molecule has 8 heteroatoms. The van der Waals surface area contributed by atoms with Gasteiger partial charge in [-0.3, -0.25) is 0 Å². The van der Waals surface area contributed by atoms with Crippen LogP contribution >= 0.6 is 11.3 Å². The molecule has 6 nitrogen and oxygen atoms in total. The van der Waals surface area contributed by atoms with Crippen LogP contribution in [0.5, 0.6) is 0 Å². The second kappa shape index (κ2) is 7.15. The summed E-state index contributed by atoms with van der Waals surface area (Å²) in [6.07, 6.45) is -0.0936. The Bertz CT molecular complexity index is 549. The van der Waals surface area contributed by atoms with E-state index in [1.165, 1.54) is 0 Å². The Hall–Kier alpha value is -0.540. The molecule has 0 saturated carbocycles. The summed E-state index contributed by atoms with van der Waals surface area (Å²) in [5, 5.41) is 6.15. The topological polar surface area (TPSA) is 71.5 Å². The van der Waals surface area contributed by atoms with Crippen LogP contribution in [-0.2, 0) is 21.3 Å². The molecule has 1 saturated heterocycles. The first-order valence-corrected chi connectivity index (χ1v) is 9.60. The smallest absolute Gasteiger partial charge is 0.215 e. The molecule has 1 aromatic heterocycles. The third kappa shape index (κ3) is 5.00. The molecule has 1 fully saturated rings. The zero-order valence-corrected chi connectivity index (χ0v) is 14.3. The molecule has 0 aliphatic carbocycles. The molecule has 21 heavy (non-hydrogen) atoms. The maximum absolute atomic E-state index is 12.3. The highest BCUT2D eigenvalue weighted by molar-refractivity contribution is 7.89. The Balaban J connectivity index is 1.78. The second-order valence-electron chi connectivity index (χ2n) is 5.42. The zero-order valence-electron chi connectivity index (χ0n) is 12.7. The van der Waals surface area contributed by atoms with Gasteiger partial charge in [-0.1, -0.05) is 0 Å². The summed E-state index contributed by atoms with van der Waals surface area (Å²) >= 11 is 1.60. The highest BCUT2D eigenvalue weighted by Crippen LogP contribution is 2.14. The lowest BCUT2D eigenvalue weighted by atomic mass is 10.3. The van der Waals surface area contributed by atoms with Crippen LogP contribution in [0.25, 0.3) is 0 Å². The molecule has 0 amide bonds. The predicted molar refractivity (Wildman–Crippen MR) is 83.9 cm³/mol. The maximum Gasteiger partial charge on any atom is 0.215 e. The molecule has 0 radical (unpaired) electrons. The fraction of sp³-hybridized carbons (Fsp3) is 0.769. The molecule has 2 atom stereocenters. The largest absolute Gasteiger partial charge is 0.373 e. The number of morpholine rings is 1. The van der Waals surface area contributed by atoms with E-state index >= 15 is 0 Å². The van der Waals surface area contributed by atoms with Crippen molar-refractivity contribution in [1.29, 1.82) is 0 Å². The van der Waals surface area contributed by atoms with Gasteiger partial charge in [0, 0.05) is 31.6 Å². The molecule has 0 aromatic carbocycles. The standard InChI is InChI=1S/C13H23N3O3S2/c1-10-7-16(8-11(2)19-10)21(17,18)5-4-14-6-13-9-20-12(3)15-13/h9-11,14H,4-8H2,1-3H3/t10-,11-/m0/s1. The zero-order chi connectivity index (χ0) is 15.5. The van der Waals surface area contributed by atoms with E-state index in [2.05, 4.69) is 10.3 Å². The van der Waals surface area contributed by atoms with Gasteiger partial charge in [0.15, 0.2) is 0 Å². The third-order valence-corrected chi connectivity index (χ3v) is 5.92. The predicted octanol–water partition coefficient (Wildman–Crippen LogP) is 0.980. The SMILES string of the molecule is Cc1nc(CNCCS(=O)(=O)N2C[C@H](C)O[C@@H](C)C2)cs1. The minimum absolute atomic E-state index is 0.0468. The van der Waals surface area contributed by atoms with Gasteiger partial charge in [0.2, 0.25) is 10.0 Å².